The van der Waals surface area contributed by atoms with Crippen molar-refractivity contribution in [2.45, 2.75) is 19.4 Å². The van der Waals surface area contributed by atoms with Crippen LogP contribution >= 0.6 is 0 Å². The van der Waals surface area contributed by atoms with Gasteiger partial charge in [0.25, 0.3) is 5.91 Å². The average molecular weight is 370 g/mol. The summed E-state index contributed by atoms with van der Waals surface area (Å²) in [6.45, 7) is 0.395. The van der Waals surface area contributed by atoms with Crippen LogP contribution in [-0.2, 0) is 39.3 Å². The standard InChI is InChI=1S/C19H18N2O4S/c1-21-12-15-6-3-7-16(9-15)20-19(23)17(26(24)25)10-13-4-2-5-14(8-13)11-18(21)22/h2-9H,10-12H2,1H3,(H,20,23). The molecular weight excluding hydrogens is 352 g/mol. The number of anilines is 1. The van der Waals surface area contributed by atoms with E-state index in [1.165, 1.54) is 0 Å². The molecule has 0 saturated carbocycles. The Morgan fingerprint density at radius 3 is 2.31 bits per heavy atom. The first-order chi connectivity index (χ1) is 12.4. The molecule has 6 nitrogen and oxygen atoms in total. The van der Waals surface area contributed by atoms with E-state index >= 15 is 0 Å². The zero-order valence-corrected chi connectivity index (χ0v) is 15.0. The fourth-order valence-corrected chi connectivity index (χ4v) is 3.36. The van der Waals surface area contributed by atoms with Crippen LogP contribution in [0.3, 0.4) is 0 Å². The molecule has 0 atom stereocenters. The van der Waals surface area contributed by atoms with Crippen molar-refractivity contribution >= 4 is 32.7 Å². The van der Waals surface area contributed by atoms with Gasteiger partial charge in [-0.3, -0.25) is 9.59 Å². The lowest BCUT2D eigenvalue weighted by Crippen LogP contribution is -2.28. The normalized spacial score (nSPS) is 15.3. The monoisotopic (exact) mass is 370 g/mol. The van der Waals surface area contributed by atoms with Gasteiger partial charge in [0, 0.05) is 25.7 Å². The molecule has 1 aliphatic heterocycles. The summed E-state index contributed by atoms with van der Waals surface area (Å²) in [6.07, 6.45) is 0.186. The van der Waals surface area contributed by atoms with Crippen LogP contribution in [0.1, 0.15) is 16.7 Å². The molecule has 2 aromatic carbocycles. The van der Waals surface area contributed by atoms with E-state index in [2.05, 4.69) is 5.32 Å². The quantitative estimate of drug-likeness (QED) is 0.711. The van der Waals surface area contributed by atoms with Gasteiger partial charge in [-0.15, -0.1) is 0 Å². The van der Waals surface area contributed by atoms with E-state index in [-0.39, 0.29) is 23.6 Å². The summed E-state index contributed by atoms with van der Waals surface area (Å²) in [5.41, 5.74) is 2.77. The van der Waals surface area contributed by atoms with E-state index < -0.39 is 16.2 Å². The van der Waals surface area contributed by atoms with Crippen molar-refractivity contribution in [2.75, 3.05) is 12.4 Å². The Labute approximate surface area is 153 Å². The molecule has 134 valence electrons. The number of benzene rings is 2. The van der Waals surface area contributed by atoms with Gasteiger partial charge in [0.15, 0.2) is 0 Å². The van der Waals surface area contributed by atoms with Crippen LogP contribution in [0.2, 0.25) is 0 Å². The molecule has 0 aliphatic carbocycles. The molecular formula is C19H18N2O4S. The number of hydrogen-bond acceptors (Lipinski definition) is 4. The Bertz CT molecular complexity index is 1000. The summed E-state index contributed by atoms with van der Waals surface area (Å²) in [6, 6.07) is 14.1. The Hall–Kier alpha value is -2.93. The maximum Gasteiger partial charge on any atom is 0.267 e. The van der Waals surface area contributed by atoms with Crippen LogP contribution in [0.15, 0.2) is 48.5 Å². The second-order valence-corrected chi connectivity index (χ2v) is 7.20. The number of rotatable bonds is 0. The molecule has 1 heterocycles. The Morgan fingerprint density at radius 2 is 1.58 bits per heavy atom. The van der Waals surface area contributed by atoms with Crippen LogP contribution < -0.4 is 5.32 Å². The van der Waals surface area contributed by atoms with Crippen molar-refractivity contribution in [3.63, 3.8) is 0 Å². The summed E-state index contributed by atoms with van der Waals surface area (Å²) in [5.74, 6) is -0.687. The van der Waals surface area contributed by atoms with Crippen LogP contribution in [0.4, 0.5) is 5.69 Å². The second-order valence-electron chi connectivity index (χ2n) is 6.24. The van der Waals surface area contributed by atoms with Gasteiger partial charge >= 0.3 is 0 Å². The smallest absolute Gasteiger partial charge is 0.267 e. The molecule has 1 N–H and O–H groups in total. The molecule has 0 radical (unpaired) electrons. The summed E-state index contributed by atoms with van der Waals surface area (Å²) >= 11 is 0. The molecule has 0 unspecified atom stereocenters. The van der Waals surface area contributed by atoms with E-state index in [4.69, 9.17) is 0 Å². The zero-order chi connectivity index (χ0) is 18.7. The van der Waals surface area contributed by atoms with Crippen molar-refractivity contribution in [3.8, 4) is 0 Å². The average Bonchev–Trinajstić information content (AvgIpc) is 2.59. The third-order valence-electron chi connectivity index (χ3n) is 4.20. The van der Waals surface area contributed by atoms with Crippen LogP contribution in [0.5, 0.6) is 0 Å². The van der Waals surface area contributed by atoms with E-state index in [0.29, 0.717) is 17.8 Å². The zero-order valence-electron chi connectivity index (χ0n) is 14.2. The second kappa shape index (κ2) is 7.53. The highest BCUT2D eigenvalue weighted by atomic mass is 32.2. The maximum atomic E-state index is 12.5. The third kappa shape index (κ3) is 4.18. The van der Waals surface area contributed by atoms with Gasteiger partial charge in [-0.2, -0.15) is 8.42 Å². The number of nitrogens with one attached hydrogen (secondary N) is 1. The predicted octanol–water partition coefficient (Wildman–Crippen LogP) is 1.43. The van der Waals surface area contributed by atoms with E-state index in [1.807, 2.05) is 12.1 Å². The summed E-state index contributed by atoms with van der Waals surface area (Å²) in [4.78, 5) is 26.3. The molecule has 7 heteroatoms. The summed E-state index contributed by atoms with van der Waals surface area (Å²) < 4.78 is 23.1. The first-order valence-corrected chi connectivity index (χ1v) is 9.17. The number of carbonyl (C=O) groups is 2. The van der Waals surface area contributed by atoms with Gasteiger partial charge in [-0.1, -0.05) is 36.4 Å². The van der Waals surface area contributed by atoms with Gasteiger partial charge in [0.2, 0.25) is 16.2 Å². The predicted molar refractivity (Wildman–Crippen MR) is 99.3 cm³/mol. The molecule has 0 fully saturated rings. The number of carbonyl (C=O) groups excluding carboxylic acids is 2. The van der Waals surface area contributed by atoms with Crippen LogP contribution in [-0.4, -0.2) is 37.0 Å². The minimum absolute atomic E-state index is 0.0283. The fraction of sp³-hybridized carbons (Fsp3) is 0.211. The molecule has 0 saturated heterocycles. The Morgan fingerprint density at radius 1 is 0.923 bits per heavy atom. The van der Waals surface area contributed by atoms with Crippen molar-refractivity contribution in [2.24, 2.45) is 0 Å². The van der Waals surface area contributed by atoms with Crippen molar-refractivity contribution in [3.05, 3.63) is 65.2 Å². The number of likely N-dealkylation sites (N-methyl/N-ethyl adjacent to an activating group) is 1. The lowest BCUT2D eigenvalue weighted by molar-refractivity contribution is -0.129. The maximum absolute atomic E-state index is 12.5. The molecule has 4 bridgehead atoms. The molecule has 2 aromatic rings. The van der Waals surface area contributed by atoms with Gasteiger partial charge in [-0.25, -0.2) is 0 Å². The first-order valence-electron chi connectivity index (χ1n) is 8.09. The molecule has 0 spiro atoms. The number of hydrogen-bond donors (Lipinski definition) is 1. The van der Waals surface area contributed by atoms with Crippen molar-refractivity contribution in [1.29, 1.82) is 0 Å². The SMILES string of the molecule is CN1Cc2cccc(c2)NC(=O)C(=S(=O)=O)Cc2cccc(c2)CC1=O. The topological polar surface area (TPSA) is 83.6 Å². The molecule has 0 aromatic heterocycles. The number of fused-ring (bicyclic) bond motifs is 4. The van der Waals surface area contributed by atoms with Gasteiger partial charge < -0.3 is 10.2 Å². The fourth-order valence-electron chi connectivity index (χ4n) is 2.87. The minimum atomic E-state index is -2.64. The Balaban J connectivity index is 2.06. The Kier molecular flexibility index (Phi) is 5.18. The van der Waals surface area contributed by atoms with Crippen LogP contribution in [0, 0.1) is 0 Å². The van der Waals surface area contributed by atoms with E-state index in [9.17, 15) is 18.0 Å². The number of amides is 2. The highest BCUT2D eigenvalue weighted by Crippen LogP contribution is 2.15. The highest BCUT2D eigenvalue weighted by Gasteiger charge is 2.17. The summed E-state index contributed by atoms with van der Waals surface area (Å²) in [5, 5.41) is 2.63. The van der Waals surface area contributed by atoms with E-state index in [1.54, 1.807) is 48.3 Å². The van der Waals surface area contributed by atoms with Gasteiger partial charge in [0.1, 0.15) is 4.86 Å². The minimum Gasteiger partial charge on any atom is -0.341 e. The van der Waals surface area contributed by atoms with Gasteiger partial charge in [0.05, 0.1) is 6.42 Å². The molecule has 26 heavy (non-hydrogen) atoms. The summed E-state index contributed by atoms with van der Waals surface area (Å²) in [7, 11) is -0.911. The largest absolute Gasteiger partial charge is 0.341 e. The number of nitrogens with zero attached hydrogens (tertiary/aromatic N) is 1. The van der Waals surface area contributed by atoms with Crippen LogP contribution in [0.25, 0.3) is 0 Å². The molecule has 3 rings (SSSR count). The van der Waals surface area contributed by atoms with Crippen molar-refractivity contribution < 1.29 is 18.0 Å². The lowest BCUT2D eigenvalue weighted by atomic mass is 10.0. The van der Waals surface area contributed by atoms with Gasteiger partial charge in [-0.05, 0) is 28.8 Å². The van der Waals surface area contributed by atoms with Crippen molar-refractivity contribution in [1.82, 2.24) is 4.90 Å². The highest BCUT2D eigenvalue weighted by molar-refractivity contribution is 7.74. The molecule has 2 amide bonds. The molecule has 1 aliphatic rings. The third-order valence-corrected chi connectivity index (χ3v) is 4.93. The first kappa shape index (κ1) is 17.9. The lowest BCUT2D eigenvalue weighted by Gasteiger charge is -2.19. The van der Waals surface area contributed by atoms with E-state index in [0.717, 1.165) is 11.1 Å².